The molecule has 0 aromatic rings. The van der Waals surface area contributed by atoms with Gasteiger partial charge in [-0.15, -0.1) is 0 Å². The molecule has 0 spiro atoms. The van der Waals surface area contributed by atoms with Crippen molar-refractivity contribution in [1.82, 2.24) is 15.5 Å². The first-order chi connectivity index (χ1) is 10.0. The van der Waals surface area contributed by atoms with E-state index in [0.29, 0.717) is 19.5 Å². The summed E-state index contributed by atoms with van der Waals surface area (Å²) in [5, 5.41) is 13.8. The summed E-state index contributed by atoms with van der Waals surface area (Å²) in [6.45, 7) is 3.10. The quantitative estimate of drug-likeness (QED) is 0.499. The van der Waals surface area contributed by atoms with Gasteiger partial charge in [0.05, 0.1) is 0 Å². The number of unbranched alkanes of at least 4 members (excludes halogenated alkanes) is 3. The van der Waals surface area contributed by atoms with Gasteiger partial charge in [-0.3, -0.25) is 9.59 Å². The molecule has 122 valence electrons. The molecule has 0 rings (SSSR count). The Balaban J connectivity index is 3.82. The summed E-state index contributed by atoms with van der Waals surface area (Å²) in [5.41, 5.74) is 0. The highest BCUT2D eigenvalue weighted by Gasteiger charge is 2.14. The molecule has 0 heterocycles. The average Bonchev–Trinajstić information content (AvgIpc) is 2.45. The first kappa shape index (κ1) is 19.2. The minimum atomic E-state index is -0.771. The van der Waals surface area contributed by atoms with Crippen molar-refractivity contribution in [2.24, 2.45) is 0 Å². The lowest BCUT2D eigenvalue weighted by Gasteiger charge is -2.21. The molecule has 0 bridgehead atoms. The lowest BCUT2D eigenvalue weighted by Crippen LogP contribution is -2.45. The topological polar surface area (TPSA) is 98.7 Å². The number of aliphatic carboxylic acids is 1. The van der Waals surface area contributed by atoms with Crippen molar-refractivity contribution in [1.29, 1.82) is 0 Å². The van der Waals surface area contributed by atoms with Gasteiger partial charge in [-0.1, -0.05) is 19.8 Å². The average molecular weight is 301 g/mol. The highest BCUT2D eigenvalue weighted by Crippen LogP contribution is 2.02. The molecule has 0 radical (unpaired) electrons. The van der Waals surface area contributed by atoms with E-state index >= 15 is 0 Å². The molecule has 3 amide bonds. The number of carboxylic acid groups (broad SMARTS) is 1. The smallest absolute Gasteiger partial charge is 0.317 e. The highest BCUT2D eigenvalue weighted by molar-refractivity contribution is 5.83. The molecule has 3 N–H and O–H groups in total. The SMILES string of the molecule is CCCN(CC(=O)NC)C(=O)NCCCCCCC(=O)O. The van der Waals surface area contributed by atoms with E-state index in [1.807, 2.05) is 6.92 Å². The maximum absolute atomic E-state index is 11.9. The molecule has 0 unspecified atom stereocenters. The van der Waals surface area contributed by atoms with Crippen molar-refractivity contribution >= 4 is 17.9 Å². The van der Waals surface area contributed by atoms with Crippen LogP contribution in [0.5, 0.6) is 0 Å². The van der Waals surface area contributed by atoms with Crippen LogP contribution in [0.15, 0.2) is 0 Å². The number of urea groups is 1. The Labute approximate surface area is 126 Å². The van der Waals surface area contributed by atoms with Gasteiger partial charge in [0.1, 0.15) is 6.54 Å². The number of rotatable bonds is 11. The van der Waals surface area contributed by atoms with E-state index in [0.717, 1.165) is 25.7 Å². The summed E-state index contributed by atoms with van der Waals surface area (Å²) in [4.78, 5) is 35.1. The fourth-order valence-corrected chi connectivity index (χ4v) is 1.84. The molecule has 0 aromatic heterocycles. The van der Waals surface area contributed by atoms with Crippen molar-refractivity contribution in [2.45, 2.75) is 45.4 Å². The zero-order chi connectivity index (χ0) is 16.1. The van der Waals surface area contributed by atoms with E-state index in [9.17, 15) is 14.4 Å². The summed E-state index contributed by atoms with van der Waals surface area (Å²) >= 11 is 0. The van der Waals surface area contributed by atoms with Crippen molar-refractivity contribution in [3.05, 3.63) is 0 Å². The molecular formula is C14H27N3O4. The van der Waals surface area contributed by atoms with Crippen LogP contribution >= 0.6 is 0 Å². The van der Waals surface area contributed by atoms with Crippen LogP contribution < -0.4 is 10.6 Å². The summed E-state index contributed by atoms with van der Waals surface area (Å²) in [6, 6.07) is -0.231. The minimum absolute atomic E-state index is 0.0643. The number of hydrogen-bond donors (Lipinski definition) is 3. The normalized spacial score (nSPS) is 10.0. The van der Waals surface area contributed by atoms with Crippen LogP contribution in [0.3, 0.4) is 0 Å². The number of likely N-dealkylation sites (N-methyl/N-ethyl adjacent to an activating group) is 1. The van der Waals surface area contributed by atoms with Crippen LogP contribution in [0.1, 0.15) is 45.4 Å². The minimum Gasteiger partial charge on any atom is -0.481 e. The van der Waals surface area contributed by atoms with Crippen LogP contribution in [0.4, 0.5) is 4.79 Å². The number of carboxylic acids is 1. The summed E-state index contributed by atoms with van der Waals surface area (Å²) in [5.74, 6) is -0.958. The van der Waals surface area contributed by atoms with E-state index in [2.05, 4.69) is 10.6 Å². The Kier molecular flexibility index (Phi) is 11.0. The lowest BCUT2D eigenvalue weighted by molar-refractivity contribution is -0.137. The summed E-state index contributed by atoms with van der Waals surface area (Å²) < 4.78 is 0. The van der Waals surface area contributed by atoms with Gasteiger partial charge in [0, 0.05) is 26.6 Å². The maximum Gasteiger partial charge on any atom is 0.317 e. The second kappa shape index (κ2) is 12.0. The van der Waals surface area contributed by atoms with Crippen LogP contribution in [0.25, 0.3) is 0 Å². The van der Waals surface area contributed by atoms with Gasteiger partial charge in [0.25, 0.3) is 0 Å². The maximum atomic E-state index is 11.9. The molecule has 0 aliphatic carbocycles. The summed E-state index contributed by atoms with van der Waals surface area (Å²) in [7, 11) is 1.54. The van der Waals surface area contributed by atoms with Gasteiger partial charge in [-0.05, 0) is 19.3 Å². The first-order valence-electron chi connectivity index (χ1n) is 7.46. The second-order valence-corrected chi connectivity index (χ2v) is 4.88. The molecule has 0 saturated heterocycles. The third-order valence-corrected chi connectivity index (χ3v) is 2.99. The zero-order valence-corrected chi connectivity index (χ0v) is 13.0. The van der Waals surface area contributed by atoms with Crippen molar-refractivity contribution in [3.8, 4) is 0 Å². The number of hydrogen-bond acceptors (Lipinski definition) is 3. The predicted octanol–water partition coefficient (Wildman–Crippen LogP) is 1.19. The van der Waals surface area contributed by atoms with E-state index in [-0.39, 0.29) is 24.9 Å². The van der Waals surface area contributed by atoms with Gasteiger partial charge >= 0.3 is 12.0 Å². The van der Waals surface area contributed by atoms with Gasteiger partial charge < -0.3 is 20.6 Å². The number of nitrogens with zero attached hydrogens (tertiary/aromatic N) is 1. The van der Waals surface area contributed by atoms with Crippen molar-refractivity contribution < 1.29 is 19.5 Å². The number of carbonyl (C=O) groups excluding carboxylic acids is 2. The van der Waals surface area contributed by atoms with Crippen molar-refractivity contribution in [2.75, 3.05) is 26.7 Å². The molecule has 0 aliphatic heterocycles. The fraction of sp³-hybridized carbons (Fsp3) is 0.786. The van der Waals surface area contributed by atoms with Crippen LogP contribution in [0.2, 0.25) is 0 Å². The number of amides is 3. The fourth-order valence-electron chi connectivity index (χ4n) is 1.84. The van der Waals surface area contributed by atoms with Gasteiger partial charge in [-0.25, -0.2) is 4.79 Å². The molecule has 21 heavy (non-hydrogen) atoms. The van der Waals surface area contributed by atoms with Gasteiger partial charge in [0.15, 0.2) is 0 Å². The second-order valence-electron chi connectivity index (χ2n) is 4.88. The third-order valence-electron chi connectivity index (χ3n) is 2.99. The molecular weight excluding hydrogens is 274 g/mol. The Morgan fingerprint density at radius 2 is 1.76 bits per heavy atom. The monoisotopic (exact) mass is 301 g/mol. The number of nitrogens with one attached hydrogen (secondary N) is 2. The van der Waals surface area contributed by atoms with Crippen molar-refractivity contribution in [3.63, 3.8) is 0 Å². The highest BCUT2D eigenvalue weighted by atomic mass is 16.4. The Bertz CT molecular complexity index is 334. The molecule has 0 aliphatic rings. The van der Waals surface area contributed by atoms with E-state index in [1.165, 1.54) is 4.90 Å². The van der Waals surface area contributed by atoms with Crippen LogP contribution in [-0.2, 0) is 9.59 Å². The Hall–Kier alpha value is -1.79. The molecule has 7 heteroatoms. The molecule has 0 fully saturated rings. The number of carbonyl (C=O) groups is 3. The first-order valence-corrected chi connectivity index (χ1v) is 7.46. The largest absolute Gasteiger partial charge is 0.481 e. The Morgan fingerprint density at radius 1 is 1.10 bits per heavy atom. The lowest BCUT2D eigenvalue weighted by atomic mass is 10.1. The predicted molar refractivity (Wildman–Crippen MR) is 80.1 cm³/mol. The zero-order valence-electron chi connectivity index (χ0n) is 13.0. The molecule has 0 atom stereocenters. The standard InChI is InChI=1S/C14H27N3O4/c1-3-10-17(11-12(18)15-2)14(21)16-9-7-5-4-6-8-13(19)20/h3-11H2,1-2H3,(H,15,18)(H,16,21)(H,19,20). The van der Waals surface area contributed by atoms with E-state index in [4.69, 9.17) is 5.11 Å². The Morgan fingerprint density at radius 3 is 2.33 bits per heavy atom. The van der Waals surface area contributed by atoms with Gasteiger partial charge in [-0.2, -0.15) is 0 Å². The molecule has 7 nitrogen and oxygen atoms in total. The third kappa shape index (κ3) is 10.6. The molecule has 0 saturated carbocycles. The van der Waals surface area contributed by atoms with E-state index in [1.54, 1.807) is 7.05 Å². The van der Waals surface area contributed by atoms with Crippen LogP contribution in [0, 0.1) is 0 Å². The van der Waals surface area contributed by atoms with E-state index < -0.39 is 5.97 Å². The molecule has 0 aromatic carbocycles. The van der Waals surface area contributed by atoms with Crippen LogP contribution in [-0.4, -0.2) is 54.6 Å². The van der Waals surface area contributed by atoms with Gasteiger partial charge in [0.2, 0.25) is 5.91 Å². The summed E-state index contributed by atoms with van der Waals surface area (Å²) in [6.07, 6.45) is 4.20.